The van der Waals surface area contributed by atoms with Crippen LogP contribution >= 0.6 is 0 Å². The van der Waals surface area contributed by atoms with Gasteiger partial charge in [-0.1, -0.05) is 110 Å². The summed E-state index contributed by atoms with van der Waals surface area (Å²) in [5.74, 6) is -0.510. The van der Waals surface area contributed by atoms with E-state index in [9.17, 15) is 20.1 Å². The lowest BCUT2D eigenvalue weighted by Crippen LogP contribution is -2.59. The molecule has 1 fully saturated rings. The normalized spacial score (nSPS) is 17.3. The van der Waals surface area contributed by atoms with Crippen LogP contribution in [0, 0.1) is 0 Å². The highest BCUT2D eigenvalue weighted by molar-refractivity contribution is 5.86. The van der Waals surface area contributed by atoms with Crippen molar-refractivity contribution < 1.29 is 20.1 Å². The molecule has 190 valence electrons. The third-order valence-electron chi connectivity index (χ3n) is 7.14. The van der Waals surface area contributed by atoms with Gasteiger partial charge in [-0.05, 0) is 25.7 Å². The van der Waals surface area contributed by atoms with Crippen molar-refractivity contribution in [3.05, 3.63) is 0 Å². The fourth-order valence-corrected chi connectivity index (χ4v) is 4.81. The second kappa shape index (κ2) is 18.7. The first kappa shape index (κ1) is 29.4. The minimum absolute atomic E-state index is 0.356. The van der Waals surface area contributed by atoms with Gasteiger partial charge >= 0.3 is 0 Å². The quantitative estimate of drug-likeness (QED) is 0.205. The van der Waals surface area contributed by atoms with E-state index in [1.54, 1.807) is 4.90 Å². The zero-order chi connectivity index (χ0) is 23.5. The van der Waals surface area contributed by atoms with E-state index in [1.807, 2.05) is 0 Å². The van der Waals surface area contributed by atoms with Crippen molar-refractivity contribution in [3.63, 3.8) is 0 Å². The van der Waals surface area contributed by atoms with Gasteiger partial charge in [0.05, 0.1) is 12.7 Å². The second-order valence-electron chi connectivity index (χ2n) is 10.0. The molecule has 0 bridgehead atoms. The van der Waals surface area contributed by atoms with Gasteiger partial charge in [0.25, 0.3) is 5.91 Å². The Kier molecular flexibility index (Phi) is 17.2. The first-order valence-electron chi connectivity index (χ1n) is 13.9. The van der Waals surface area contributed by atoms with E-state index >= 15 is 0 Å². The first-order valence-corrected chi connectivity index (χ1v) is 13.9. The molecule has 32 heavy (non-hydrogen) atoms. The summed E-state index contributed by atoms with van der Waals surface area (Å²) >= 11 is 0. The molecule has 1 amide bonds. The van der Waals surface area contributed by atoms with E-state index in [2.05, 4.69) is 6.92 Å². The predicted molar refractivity (Wildman–Crippen MR) is 133 cm³/mol. The molecule has 0 radical (unpaired) electrons. The molecule has 0 aromatic rings. The predicted octanol–water partition coefficient (Wildman–Crippen LogP) is 5.73. The van der Waals surface area contributed by atoms with Crippen LogP contribution in [0.3, 0.4) is 0 Å². The fraction of sp³-hybridized carbons (Fsp3) is 0.963. The number of aliphatic hydroxyl groups excluding tert-OH is 2. The van der Waals surface area contributed by atoms with E-state index in [0.717, 1.165) is 38.5 Å². The third kappa shape index (κ3) is 12.0. The van der Waals surface area contributed by atoms with Crippen LogP contribution in [0.25, 0.3) is 0 Å². The minimum atomic E-state index is -2.05. The maximum atomic E-state index is 12.6. The van der Waals surface area contributed by atoms with E-state index in [0.29, 0.717) is 19.5 Å². The summed E-state index contributed by atoms with van der Waals surface area (Å²) in [5, 5.41) is 30.7. The summed E-state index contributed by atoms with van der Waals surface area (Å²) in [6.07, 6.45) is 22.6. The minimum Gasteiger partial charge on any atom is -0.393 e. The first-order chi connectivity index (χ1) is 15.6. The van der Waals surface area contributed by atoms with E-state index in [1.165, 1.54) is 83.5 Å². The molecule has 2 unspecified atom stereocenters. The molecule has 3 N–H and O–H groups in total. The highest BCUT2D eigenvalue weighted by atomic mass is 16.4. The Bertz CT molecular complexity index is 453. The molecular formula is C27H53NO4. The maximum Gasteiger partial charge on any atom is 0.259 e. The molecule has 2 atom stereocenters. The Morgan fingerprint density at radius 2 is 1.16 bits per heavy atom. The number of amides is 1. The van der Waals surface area contributed by atoms with Gasteiger partial charge in [0, 0.05) is 13.1 Å². The number of aliphatic hydroxyl groups is 3. The van der Waals surface area contributed by atoms with E-state index in [-0.39, 0.29) is 0 Å². The molecule has 1 saturated heterocycles. The third-order valence-corrected chi connectivity index (χ3v) is 7.14. The summed E-state index contributed by atoms with van der Waals surface area (Å²) in [5.41, 5.74) is -2.05. The lowest BCUT2D eigenvalue weighted by Gasteiger charge is -2.37. The van der Waals surface area contributed by atoms with Crippen LogP contribution in [0.5, 0.6) is 0 Å². The zero-order valence-electron chi connectivity index (χ0n) is 21.0. The molecule has 1 heterocycles. The average Bonchev–Trinajstić information content (AvgIpc) is 2.83. The second-order valence-corrected chi connectivity index (χ2v) is 10.0. The van der Waals surface area contributed by atoms with Crippen molar-refractivity contribution in [1.29, 1.82) is 0 Å². The van der Waals surface area contributed by atoms with Gasteiger partial charge < -0.3 is 20.2 Å². The molecule has 0 saturated carbocycles. The van der Waals surface area contributed by atoms with Gasteiger partial charge in [0.2, 0.25) is 0 Å². The van der Waals surface area contributed by atoms with Gasteiger partial charge in [0.15, 0.2) is 5.60 Å². The van der Waals surface area contributed by atoms with Crippen LogP contribution in [0.4, 0.5) is 0 Å². The van der Waals surface area contributed by atoms with Crippen LogP contribution in [-0.4, -0.2) is 57.5 Å². The fourth-order valence-electron chi connectivity index (χ4n) is 4.81. The Morgan fingerprint density at radius 1 is 0.750 bits per heavy atom. The summed E-state index contributed by atoms with van der Waals surface area (Å²) < 4.78 is 0. The number of likely N-dealkylation sites (tertiary alicyclic amines) is 1. The van der Waals surface area contributed by atoms with Gasteiger partial charge in [-0.15, -0.1) is 0 Å². The van der Waals surface area contributed by atoms with Gasteiger partial charge in [-0.25, -0.2) is 0 Å². The monoisotopic (exact) mass is 455 g/mol. The van der Waals surface area contributed by atoms with Crippen molar-refractivity contribution >= 4 is 5.91 Å². The number of carbonyl (C=O) groups excluding carboxylic acids is 1. The molecule has 1 aliphatic heterocycles. The van der Waals surface area contributed by atoms with Crippen LogP contribution in [0.1, 0.15) is 135 Å². The molecule has 1 aliphatic rings. The molecule has 0 aromatic heterocycles. The number of unbranched alkanes of at least 4 members (excludes halogenated alkanes) is 15. The molecule has 1 rings (SSSR count). The van der Waals surface area contributed by atoms with Crippen molar-refractivity contribution in [2.24, 2.45) is 0 Å². The summed E-state index contributed by atoms with van der Waals surface area (Å²) in [7, 11) is 0. The van der Waals surface area contributed by atoms with E-state index in [4.69, 9.17) is 0 Å². The summed E-state index contributed by atoms with van der Waals surface area (Å²) in [4.78, 5) is 14.2. The van der Waals surface area contributed by atoms with Crippen molar-refractivity contribution in [2.75, 3.05) is 19.7 Å². The highest BCUT2D eigenvalue weighted by Gasteiger charge is 2.45. The Balaban J connectivity index is 1.99. The number of piperidine rings is 1. The lowest BCUT2D eigenvalue weighted by atomic mass is 9.90. The number of carbonyl (C=O) groups is 1. The van der Waals surface area contributed by atoms with Crippen molar-refractivity contribution in [2.45, 2.75) is 147 Å². The van der Waals surface area contributed by atoms with Crippen LogP contribution < -0.4 is 0 Å². The van der Waals surface area contributed by atoms with Gasteiger partial charge in [-0.2, -0.15) is 0 Å². The van der Waals surface area contributed by atoms with E-state index < -0.39 is 24.2 Å². The van der Waals surface area contributed by atoms with Gasteiger partial charge in [-0.3, -0.25) is 4.79 Å². The molecule has 5 heteroatoms. The molecule has 0 spiro atoms. The van der Waals surface area contributed by atoms with Crippen LogP contribution in [0.15, 0.2) is 0 Å². The molecule has 0 aromatic carbocycles. The molecular weight excluding hydrogens is 402 g/mol. The number of rotatable bonds is 20. The van der Waals surface area contributed by atoms with Crippen molar-refractivity contribution in [1.82, 2.24) is 4.90 Å². The summed E-state index contributed by atoms with van der Waals surface area (Å²) in [6, 6.07) is 0. The average molecular weight is 456 g/mol. The Hall–Kier alpha value is -0.650. The molecule has 5 nitrogen and oxygen atoms in total. The Labute approximate surface area is 198 Å². The zero-order valence-corrected chi connectivity index (χ0v) is 21.0. The standard InChI is InChI=1S/C27H53NO4/c1-2-3-4-5-6-7-8-9-10-11-12-13-14-15-16-18-21-25(30)27(32,24-29)26(31)28-22-19-17-20-23-28/h25,29-30,32H,2-24H2,1H3. The lowest BCUT2D eigenvalue weighted by molar-refractivity contribution is -0.172. The van der Waals surface area contributed by atoms with Gasteiger partial charge in [0.1, 0.15) is 0 Å². The Morgan fingerprint density at radius 3 is 1.56 bits per heavy atom. The highest BCUT2D eigenvalue weighted by Crippen LogP contribution is 2.22. The maximum absolute atomic E-state index is 12.6. The number of hydrogen-bond donors (Lipinski definition) is 3. The largest absolute Gasteiger partial charge is 0.393 e. The number of nitrogens with zero attached hydrogens (tertiary/aromatic N) is 1. The number of hydrogen-bond acceptors (Lipinski definition) is 4. The smallest absolute Gasteiger partial charge is 0.259 e. The van der Waals surface area contributed by atoms with Crippen LogP contribution in [0.2, 0.25) is 0 Å². The van der Waals surface area contributed by atoms with Crippen LogP contribution in [-0.2, 0) is 4.79 Å². The SMILES string of the molecule is CCCCCCCCCCCCCCCCCCC(O)C(O)(CO)C(=O)N1CCCCC1. The topological polar surface area (TPSA) is 81.0 Å². The van der Waals surface area contributed by atoms with Crippen molar-refractivity contribution in [3.8, 4) is 0 Å². The molecule has 0 aliphatic carbocycles. The summed E-state index contributed by atoms with van der Waals surface area (Å²) in [6.45, 7) is 2.76.